The Labute approximate surface area is 164 Å². The summed E-state index contributed by atoms with van der Waals surface area (Å²) in [6.45, 7) is 4.62. The summed E-state index contributed by atoms with van der Waals surface area (Å²) >= 11 is 0. The minimum absolute atomic E-state index is 0.193. The number of likely N-dealkylation sites (tertiary alicyclic amines) is 1. The van der Waals surface area contributed by atoms with Gasteiger partial charge in [0.15, 0.2) is 0 Å². The van der Waals surface area contributed by atoms with Crippen LogP contribution in [0.1, 0.15) is 83.6 Å². The SMILES string of the molecule is CCCCCCCC(O)CC[C@@H]1CC[C@@H](C)N1C(=O)OCc1ccccc1. The molecule has 4 heteroatoms. The second kappa shape index (κ2) is 12.0. The molecule has 3 atom stereocenters. The van der Waals surface area contributed by atoms with Crippen molar-refractivity contribution in [3.8, 4) is 0 Å². The second-order valence-corrected chi connectivity index (χ2v) is 7.96. The van der Waals surface area contributed by atoms with Crippen LogP contribution in [-0.2, 0) is 11.3 Å². The van der Waals surface area contributed by atoms with Gasteiger partial charge in [-0.3, -0.25) is 0 Å². The predicted octanol–water partition coefficient (Wildman–Crippen LogP) is 5.68. The average molecular weight is 376 g/mol. The number of aliphatic hydroxyl groups is 1. The molecule has 1 aromatic rings. The number of hydrogen-bond acceptors (Lipinski definition) is 3. The van der Waals surface area contributed by atoms with Gasteiger partial charge in [-0.15, -0.1) is 0 Å². The van der Waals surface area contributed by atoms with Crippen LogP contribution in [0, 0.1) is 0 Å². The molecule has 1 heterocycles. The Morgan fingerprint density at radius 1 is 1.15 bits per heavy atom. The third-order valence-electron chi connectivity index (χ3n) is 5.68. The molecule has 0 spiro atoms. The van der Waals surface area contributed by atoms with E-state index < -0.39 is 0 Å². The highest BCUT2D eigenvalue weighted by molar-refractivity contribution is 5.69. The van der Waals surface area contributed by atoms with Crippen LogP contribution in [0.25, 0.3) is 0 Å². The van der Waals surface area contributed by atoms with Crippen molar-refractivity contribution < 1.29 is 14.6 Å². The molecule has 0 bridgehead atoms. The molecule has 1 unspecified atom stereocenters. The average Bonchev–Trinajstić information content (AvgIpc) is 3.05. The summed E-state index contributed by atoms with van der Waals surface area (Å²) in [6, 6.07) is 10.2. The number of hydrogen-bond donors (Lipinski definition) is 1. The van der Waals surface area contributed by atoms with Gasteiger partial charge >= 0.3 is 6.09 Å². The molecule has 1 amide bonds. The van der Waals surface area contributed by atoms with E-state index in [0.29, 0.717) is 6.61 Å². The minimum atomic E-state index is -0.246. The number of carbonyl (C=O) groups excluding carboxylic acids is 1. The van der Waals surface area contributed by atoms with E-state index in [4.69, 9.17) is 4.74 Å². The lowest BCUT2D eigenvalue weighted by molar-refractivity contribution is 0.0736. The summed E-state index contributed by atoms with van der Waals surface area (Å²) in [6.07, 6.45) is 10.2. The number of unbranched alkanes of at least 4 members (excludes halogenated alkanes) is 4. The third kappa shape index (κ3) is 7.53. The molecule has 0 aliphatic carbocycles. The number of carbonyl (C=O) groups is 1. The molecule has 1 fully saturated rings. The lowest BCUT2D eigenvalue weighted by Crippen LogP contribution is -2.40. The zero-order valence-electron chi connectivity index (χ0n) is 17.1. The molecule has 1 aliphatic rings. The van der Waals surface area contributed by atoms with Crippen molar-refractivity contribution in [2.45, 2.75) is 103 Å². The first-order valence-electron chi connectivity index (χ1n) is 10.8. The Hall–Kier alpha value is -1.55. The maximum absolute atomic E-state index is 12.6. The number of nitrogens with zero attached hydrogens (tertiary/aromatic N) is 1. The summed E-state index contributed by atoms with van der Waals surface area (Å²) < 4.78 is 5.55. The molecule has 4 nitrogen and oxygen atoms in total. The van der Waals surface area contributed by atoms with Gasteiger partial charge in [0.2, 0.25) is 0 Å². The van der Waals surface area contributed by atoms with Crippen LogP contribution in [0.2, 0.25) is 0 Å². The van der Waals surface area contributed by atoms with E-state index in [9.17, 15) is 9.90 Å². The van der Waals surface area contributed by atoms with Crippen LogP contribution >= 0.6 is 0 Å². The van der Waals surface area contributed by atoms with Crippen molar-refractivity contribution >= 4 is 6.09 Å². The molecule has 1 saturated heterocycles. The van der Waals surface area contributed by atoms with E-state index in [1.54, 1.807) is 0 Å². The van der Waals surface area contributed by atoms with Crippen molar-refractivity contribution in [3.05, 3.63) is 35.9 Å². The van der Waals surface area contributed by atoms with Gasteiger partial charge < -0.3 is 14.7 Å². The third-order valence-corrected chi connectivity index (χ3v) is 5.68. The van der Waals surface area contributed by atoms with Crippen molar-refractivity contribution in [1.82, 2.24) is 4.90 Å². The van der Waals surface area contributed by atoms with Crippen LogP contribution in [0.15, 0.2) is 30.3 Å². The van der Waals surface area contributed by atoms with E-state index in [-0.39, 0.29) is 24.3 Å². The highest BCUT2D eigenvalue weighted by atomic mass is 16.6. The number of amides is 1. The molecule has 1 N–H and O–H groups in total. The molecule has 27 heavy (non-hydrogen) atoms. The highest BCUT2D eigenvalue weighted by Crippen LogP contribution is 2.29. The van der Waals surface area contributed by atoms with E-state index in [0.717, 1.165) is 44.1 Å². The first-order valence-corrected chi connectivity index (χ1v) is 10.8. The van der Waals surface area contributed by atoms with Crippen LogP contribution in [-0.4, -0.2) is 34.3 Å². The smallest absolute Gasteiger partial charge is 0.410 e. The van der Waals surface area contributed by atoms with Crippen LogP contribution in [0.4, 0.5) is 4.79 Å². The fourth-order valence-electron chi connectivity index (χ4n) is 3.99. The number of benzene rings is 1. The molecule has 2 rings (SSSR count). The summed E-state index contributed by atoms with van der Waals surface area (Å²) in [7, 11) is 0. The van der Waals surface area contributed by atoms with Gasteiger partial charge in [0.25, 0.3) is 0 Å². The summed E-state index contributed by atoms with van der Waals surface area (Å²) in [5, 5.41) is 10.3. The van der Waals surface area contributed by atoms with Crippen molar-refractivity contribution in [3.63, 3.8) is 0 Å². The molecular formula is C23H37NO3. The van der Waals surface area contributed by atoms with Gasteiger partial charge in [-0.1, -0.05) is 69.4 Å². The fourth-order valence-corrected chi connectivity index (χ4v) is 3.99. The number of ether oxygens (including phenoxy) is 1. The Morgan fingerprint density at radius 2 is 1.89 bits per heavy atom. The monoisotopic (exact) mass is 375 g/mol. The number of aliphatic hydroxyl groups excluding tert-OH is 1. The van der Waals surface area contributed by atoms with E-state index in [1.165, 1.54) is 25.7 Å². The Kier molecular flexibility index (Phi) is 9.68. The van der Waals surface area contributed by atoms with Crippen molar-refractivity contribution in [2.75, 3.05) is 0 Å². The second-order valence-electron chi connectivity index (χ2n) is 7.96. The minimum Gasteiger partial charge on any atom is -0.445 e. The van der Waals surface area contributed by atoms with Crippen molar-refractivity contribution in [1.29, 1.82) is 0 Å². The molecule has 0 aromatic heterocycles. The summed E-state index contributed by atoms with van der Waals surface area (Å²) in [4.78, 5) is 14.5. The normalized spacial score (nSPS) is 20.6. The summed E-state index contributed by atoms with van der Waals surface area (Å²) in [5.41, 5.74) is 1.01. The van der Waals surface area contributed by atoms with Crippen LogP contribution in [0.5, 0.6) is 0 Å². The standard InChI is InChI=1S/C23H37NO3/c1-3-4-5-6-10-13-22(25)17-16-21-15-14-19(2)24(21)23(26)27-18-20-11-8-7-9-12-20/h7-9,11-12,19,21-22,25H,3-6,10,13-18H2,1-2H3/t19-,21+,22?/m1/s1. The first-order chi connectivity index (χ1) is 13.1. The molecule has 1 aliphatic heterocycles. The first kappa shape index (κ1) is 21.7. The Bertz CT molecular complexity index is 534. The van der Waals surface area contributed by atoms with Gasteiger partial charge in [-0.25, -0.2) is 4.79 Å². The van der Waals surface area contributed by atoms with E-state index >= 15 is 0 Å². The lowest BCUT2D eigenvalue weighted by atomic mass is 10.0. The topological polar surface area (TPSA) is 49.8 Å². The molecule has 152 valence electrons. The predicted molar refractivity (Wildman–Crippen MR) is 110 cm³/mol. The van der Waals surface area contributed by atoms with Crippen LogP contribution < -0.4 is 0 Å². The quantitative estimate of drug-likeness (QED) is 0.506. The summed E-state index contributed by atoms with van der Waals surface area (Å²) in [5.74, 6) is 0. The Morgan fingerprint density at radius 3 is 2.63 bits per heavy atom. The maximum atomic E-state index is 12.6. The fraction of sp³-hybridized carbons (Fsp3) is 0.696. The maximum Gasteiger partial charge on any atom is 0.410 e. The Balaban J connectivity index is 1.72. The molecular weight excluding hydrogens is 338 g/mol. The largest absolute Gasteiger partial charge is 0.445 e. The molecule has 0 saturated carbocycles. The number of rotatable bonds is 11. The lowest BCUT2D eigenvalue weighted by Gasteiger charge is -2.28. The van der Waals surface area contributed by atoms with Gasteiger partial charge in [-0.05, 0) is 44.6 Å². The highest BCUT2D eigenvalue weighted by Gasteiger charge is 2.35. The van der Waals surface area contributed by atoms with Gasteiger partial charge in [0, 0.05) is 12.1 Å². The van der Waals surface area contributed by atoms with E-state index in [2.05, 4.69) is 13.8 Å². The van der Waals surface area contributed by atoms with Gasteiger partial charge in [0.1, 0.15) is 6.61 Å². The van der Waals surface area contributed by atoms with E-state index in [1.807, 2.05) is 35.2 Å². The molecule has 0 radical (unpaired) electrons. The molecule has 1 aromatic carbocycles. The van der Waals surface area contributed by atoms with Crippen LogP contribution in [0.3, 0.4) is 0 Å². The van der Waals surface area contributed by atoms with Gasteiger partial charge in [0.05, 0.1) is 6.10 Å². The van der Waals surface area contributed by atoms with Crippen molar-refractivity contribution in [2.24, 2.45) is 0 Å². The van der Waals surface area contributed by atoms with Gasteiger partial charge in [-0.2, -0.15) is 0 Å². The zero-order chi connectivity index (χ0) is 19.5. The zero-order valence-corrected chi connectivity index (χ0v) is 17.1.